The largest absolute Gasteiger partial charge is 0.339 e. The minimum absolute atomic E-state index is 0.0121. The number of amides is 2. The highest BCUT2D eigenvalue weighted by Gasteiger charge is 2.36. The average Bonchev–Trinajstić information content (AvgIpc) is 2.93. The van der Waals surface area contributed by atoms with Crippen LogP contribution in [-0.4, -0.2) is 38.2 Å². The van der Waals surface area contributed by atoms with Crippen molar-refractivity contribution in [2.24, 2.45) is 0 Å². The molecule has 0 spiro atoms. The van der Waals surface area contributed by atoms with E-state index in [-0.39, 0.29) is 33.5 Å². The fourth-order valence-electron chi connectivity index (χ4n) is 4.54. The monoisotopic (exact) mass is 460 g/mol. The summed E-state index contributed by atoms with van der Waals surface area (Å²) >= 11 is 0. The standard InChI is InChI=1S/C26H24N2O4S/c29-25(27-15-7-2-8-16-27)20-13-14-24-22(17-20)28(18-19-9-3-1-4-10-19)26(30)21-11-5-6-12-23(21)33(24,31)32/h1,3-6,9-14,17H,2,7-8,15-16,18H2. The molecule has 2 aliphatic rings. The number of anilines is 1. The van der Waals surface area contributed by atoms with Crippen LogP contribution in [0.2, 0.25) is 0 Å². The number of sulfone groups is 1. The lowest BCUT2D eigenvalue weighted by Gasteiger charge is -2.28. The van der Waals surface area contributed by atoms with Gasteiger partial charge in [0.2, 0.25) is 9.84 Å². The van der Waals surface area contributed by atoms with Gasteiger partial charge in [-0.3, -0.25) is 9.59 Å². The van der Waals surface area contributed by atoms with E-state index in [9.17, 15) is 18.0 Å². The molecule has 2 amide bonds. The molecule has 0 bridgehead atoms. The summed E-state index contributed by atoms with van der Waals surface area (Å²) in [6.07, 6.45) is 3.02. The normalized spacial score (nSPS) is 17.2. The molecule has 6 nitrogen and oxygen atoms in total. The third-order valence-corrected chi connectivity index (χ3v) is 8.12. The summed E-state index contributed by atoms with van der Waals surface area (Å²) in [4.78, 5) is 30.1. The van der Waals surface area contributed by atoms with E-state index in [0.29, 0.717) is 18.7 Å². The molecule has 1 fully saturated rings. The minimum Gasteiger partial charge on any atom is -0.339 e. The predicted octanol–water partition coefficient (Wildman–Crippen LogP) is 4.31. The van der Waals surface area contributed by atoms with E-state index in [4.69, 9.17) is 0 Å². The van der Waals surface area contributed by atoms with Crippen LogP contribution in [0.4, 0.5) is 5.69 Å². The first-order valence-corrected chi connectivity index (χ1v) is 12.6. The summed E-state index contributed by atoms with van der Waals surface area (Å²) in [7, 11) is -3.95. The fraction of sp³-hybridized carbons (Fsp3) is 0.231. The van der Waals surface area contributed by atoms with Gasteiger partial charge in [-0.05, 0) is 55.2 Å². The molecule has 168 valence electrons. The number of carbonyl (C=O) groups excluding carboxylic acids is 2. The zero-order chi connectivity index (χ0) is 23.0. The van der Waals surface area contributed by atoms with Crippen molar-refractivity contribution in [3.05, 3.63) is 89.5 Å². The molecule has 2 aliphatic heterocycles. The number of hydrogen-bond acceptors (Lipinski definition) is 4. The zero-order valence-corrected chi connectivity index (χ0v) is 18.9. The number of carbonyl (C=O) groups is 2. The maximum absolute atomic E-state index is 13.6. The van der Waals surface area contributed by atoms with Gasteiger partial charge < -0.3 is 9.80 Å². The lowest BCUT2D eigenvalue weighted by molar-refractivity contribution is 0.0724. The Labute approximate surface area is 193 Å². The van der Waals surface area contributed by atoms with Gasteiger partial charge in [-0.2, -0.15) is 0 Å². The van der Waals surface area contributed by atoms with Crippen LogP contribution in [0.1, 0.15) is 45.5 Å². The van der Waals surface area contributed by atoms with Crippen LogP contribution in [0.5, 0.6) is 0 Å². The number of piperidine rings is 1. The van der Waals surface area contributed by atoms with Gasteiger partial charge in [-0.1, -0.05) is 42.5 Å². The molecule has 0 aromatic heterocycles. The van der Waals surface area contributed by atoms with Crippen LogP contribution in [0.15, 0.2) is 82.6 Å². The minimum atomic E-state index is -3.95. The van der Waals surface area contributed by atoms with Crippen molar-refractivity contribution in [2.45, 2.75) is 35.6 Å². The quantitative estimate of drug-likeness (QED) is 0.584. The molecule has 0 atom stereocenters. The van der Waals surface area contributed by atoms with Crippen molar-refractivity contribution in [1.29, 1.82) is 0 Å². The molecule has 7 heteroatoms. The Morgan fingerprint density at radius 2 is 1.52 bits per heavy atom. The highest BCUT2D eigenvalue weighted by molar-refractivity contribution is 7.91. The Hall–Kier alpha value is -3.45. The fourth-order valence-corrected chi connectivity index (χ4v) is 6.17. The van der Waals surface area contributed by atoms with E-state index >= 15 is 0 Å². The highest BCUT2D eigenvalue weighted by Crippen LogP contribution is 2.38. The predicted molar refractivity (Wildman–Crippen MR) is 125 cm³/mol. The van der Waals surface area contributed by atoms with Crippen molar-refractivity contribution in [3.63, 3.8) is 0 Å². The Kier molecular flexibility index (Phi) is 5.50. The van der Waals surface area contributed by atoms with E-state index < -0.39 is 15.7 Å². The SMILES string of the molecule is O=C(c1ccc2c(c1)N(Cc1ccccc1)C(=O)c1ccccc1S2(=O)=O)N1CCCCC1. The lowest BCUT2D eigenvalue weighted by Crippen LogP contribution is -2.36. The summed E-state index contributed by atoms with van der Waals surface area (Å²) in [6.45, 7) is 1.57. The number of rotatable bonds is 3. The molecule has 0 N–H and O–H groups in total. The topological polar surface area (TPSA) is 74.8 Å². The Morgan fingerprint density at radius 3 is 2.27 bits per heavy atom. The molecule has 33 heavy (non-hydrogen) atoms. The third-order valence-electron chi connectivity index (χ3n) is 6.27. The number of nitrogens with zero attached hydrogens (tertiary/aromatic N) is 2. The lowest BCUT2D eigenvalue weighted by atomic mass is 10.1. The number of benzene rings is 3. The van der Waals surface area contributed by atoms with Crippen molar-refractivity contribution < 1.29 is 18.0 Å². The first-order chi connectivity index (χ1) is 16.0. The van der Waals surface area contributed by atoms with Gasteiger partial charge in [0, 0.05) is 18.7 Å². The number of hydrogen-bond donors (Lipinski definition) is 0. The maximum atomic E-state index is 13.6. The summed E-state index contributed by atoms with van der Waals surface area (Å²) in [5.74, 6) is -0.539. The van der Waals surface area contributed by atoms with Crippen molar-refractivity contribution in [1.82, 2.24) is 4.90 Å². The Balaban J connectivity index is 1.67. The summed E-state index contributed by atoms with van der Waals surface area (Å²) in [6, 6.07) is 20.3. The average molecular weight is 461 g/mol. The molecule has 0 unspecified atom stereocenters. The summed E-state index contributed by atoms with van der Waals surface area (Å²) in [5, 5.41) is 0. The van der Waals surface area contributed by atoms with E-state index in [1.165, 1.54) is 17.0 Å². The van der Waals surface area contributed by atoms with Crippen molar-refractivity contribution in [2.75, 3.05) is 18.0 Å². The number of likely N-dealkylation sites (tertiary alicyclic amines) is 1. The molecule has 3 aromatic carbocycles. The van der Waals surface area contributed by atoms with Gasteiger partial charge in [-0.25, -0.2) is 8.42 Å². The van der Waals surface area contributed by atoms with E-state index in [2.05, 4.69) is 0 Å². The molecule has 1 saturated heterocycles. The Morgan fingerprint density at radius 1 is 0.818 bits per heavy atom. The van der Waals surface area contributed by atoms with Crippen LogP contribution < -0.4 is 4.90 Å². The molecule has 0 aliphatic carbocycles. The molecule has 0 radical (unpaired) electrons. The van der Waals surface area contributed by atoms with Gasteiger partial charge in [-0.15, -0.1) is 0 Å². The summed E-state index contributed by atoms with van der Waals surface area (Å²) < 4.78 is 27.1. The third kappa shape index (κ3) is 3.82. The van der Waals surface area contributed by atoms with E-state index in [1.807, 2.05) is 30.3 Å². The van der Waals surface area contributed by atoms with Crippen LogP contribution in [0, 0.1) is 0 Å². The van der Waals surface area contributed by atoms with Crippen LogP contribution in [-0.2, 0) is 16.4 Å². The van der Waals surface area contributed by atoms with Gasteiger partial charge in [0.25, 0.3) is 11.8 Å². The summed E-state index contributed by atoms with van der Waals surface area (Å²) in [5.41, 5.74) is 1.63. The second-order valence-electron chi connectivity index (χ2n) is 8.41. The Bertz CT molecular complexity index is 1330. The van der Waals surface area contributed by atoms with Gasteiger partial charge in [0.1, 0.15) is 0 Å². The maximum Gasteiger partial charge on any atom is 0.259 e. The smallest absolute Gasteiger partial charge is 0.259 e. The first kappa shape index (κ1) is 21.4. The zero-order valence-electron chi connectivity index (χ0n) is 18.1. The molecule has 2 heterocycles. The van der Waals surface area contributed by atoms with Crippen molar-refractivity contribution >= 4 is 27.3 Å². The van der Waals surface area contributed by atoms with Crippen molar-refractivity contribution in [3.8, 4) is 0 Å². The second-order valence-corrected chi connectivity index (χ2v) is 10.3. The van der Waals surface area contributed by atoms with E-state index in [0.717, 1.165) is 24.8 Å². The molecule has 0 saturated carbocycles. The molecular weight excluding hydrogens is 436 g/mol. The van der Waals surface area contributed by atoms with Crippen LogP contribution in [0.25, 0.3) is 0 Å². The van der Waals surface area contributed by atoms with E-state index in [1.54, 1.807) is 35.2 Å². The van der Waals surface area contributed by atoms with Gasteiger partial charge in [0.05, 0.1) is 27.6 Å². The van der Waals surface area contributed by atoms with Gasteiger partial charge >= 0.3 is 0 Å². The molecule has 5 rings (SSSR count). The molecule has 3 aromatic rings. The number of fused-ring (bicyclic) bond motifs is 2. The first-order valence-electron chi connectivity index (χ1n) is 11.1. The second kappa shape index (κ2) is 8.48. The van der Waals surface area contributed by atoms with Gasteiger partial charge in [0.15, 0.2) is 0 Å². The molecular formula is C26H24N2O4S. The van der Waals surface area contributed by atoms with Crippen LogP contribution >= 0.6 is 0 Å². The van der Waals surface area contributed by atoms with Crippen LogP contribution in [0.3, 0.4) is 0 Å². The highest BCUT2D eigenvalue weighted by atomic mass is 32.2.